The van der Waals surface area contributed by atoms with Gasteiger partial charge in [-0.25, -0.2) is 0 Å². The van der Waals surface area contributed by atoms with Crippen molar-refractivity contribution in [1.82, 2.24) is 0 Å². The van der Waals surface area contributed by atoms with Gasteiger partial charge < -0.3 is 5.11 Å². The van der Waals surface area contributed by atoms with Crippen LogP contribution in [0, 0.1) is 0 Å². The van der Waals surface area contributed by atoms with E-state index in [0.29, 0.717) is 10.9 Å². The average molecular weight is 232 g/mol. The Morgan fingerprint density at radius 3 is 2.60 bits per heavy atom. The van der Waals surface area contributed by atoms with Crippen LogP contribution in [-0.4, -0.2) is 5.11 Å². The molecular formula is C10H7F3OS. The SMILES string of the molecule is OCc1csc2ccc(C(F)(F)F)cc12. The molecule has 0 amide bonds. The monoisotopic (exact) mass is 232 g/mol. The molecule has 2 aromatic rings. The van der Waals surface area contributed by atoms with Gasteiger partial charge in [-0.2, -0.15) is 13.2 Å². The van der Waals surface area contributed by atoms with Crippen LogP contribution in [0.25, 0.3) is 10.1 Å². The molecule has 1 aromatic carbocycles. The van der Waals surface area contributed by atoms with Crippen molar-refractivity contribution < 1.29 is 18.3 Å². The Morgan fingerprint density at radius 1 is 1.27 bits per heavy atom. The zero-order valence-electron chi connectivity index (χ0n) is 7.51. The topological polar surface area (TPSA) is 20.2 Å². The second kappa shape index (κ2) is 3.50. The van der Waals surface area contributed by atoms with Crippen molar-refractivity contribution in [2.75, 3.05) is 0 Å². The first kappa shape index (κ1) is 10.4. The van der Waals surface area contributed by atoms with Crippen LogP contribution in [0.5, 0.6) is 0 Å². The quantitative estimate of drug-likeness (QED) is 0.798. The summed E-state index contributed by atoms with van der Waals surface area (Å²) in [4.78, 5) is 0. The summed E-state index contributed by atoms with van der Waals surface area (Å²) in [6, 6.07) is 3.57. The van der Waals surface area contributed by atoms with Gasteiger partial charge in [0.1, 0.15) is 0 Å². The fraction of sp³-hybridized carbons (Fsp3) is 0.200. The smallest absolute Gasteiger partial charge is 0.392 e. The Labute approximate surface area is 87.8 Å². The second-order valence-corrected chi connectivity index (χ2v) is 4.04. The molecule has 15 heavy (non-hydrogen) atoms. The summed E-state index contributed by atoms with van der Waals surface area (Å²) in [5.74, 6) is 0. The van der Waals surface area contributed by atoms with Crippen molar-refractivity contribution in [3.63, 3.8) is 0 Å². The lowest BCUT2D eigenvalue weighted by Gasteiger charge is -2.06. The molecule has 0 saturated heterocycles. The lowest BCUT2D eigenvalue weighted by molar-refractivity contribution is -0.137. The lowest BCUT2D eigenvalue weighted by Crippen LogP contribution is -2.04. The van der Waals surface area contributed by atoms with Gasteiger partial charge >= 0.3 is 6.18 Å². The van der Waals surface area contributed by atoms with Gasteiger partial charge in [-0.3, -0.25) is 0 Å². The standard InChI is InChI=1S/C10H7F3OS/c11-10(12,13)7-1-2-9-8(3-7)6(4-14)5-15-9/h1-3,5,14H,4H2. The second-order valence-electron chi connectivity index (χ2n) is 3.13. The van der Waals surface area contributed by atoms with E-state index < -0.39 is 11.7 Å². The Bertz CT molecular complexity index is 487. The van der Waals surface area contributed by atoms with Gasteiger partial charge in [0.15, 0.2) is 0 Å². The predicted octanol–water partition coefficient (Wildman–Crippen LogP) is 3.41. The summed E-state index contributed by atoms with van der Waals surface area (Å²) < 4.78 is 38.0. The summed E-state index contributed by atoms with van der Waals surface area (Å²) in [5, 5.41) is 11.1. The van der Waals surface area contributed by atoms with E-state index in [1.54, 1.807) is 5.38 Å². The highest BCUT2D eigenvalue weighted by molar-refractivity contribution is 7.17. The first-order chi connectivity index (χ1) is 7.02. The number of hydrogen-bond donors (Lipinski definition) is 1. The van der Waals surface area contributed by atoms with Crippen molar-refractivity contribution in [1.29, 1.82) is 0 Å². The number of thiophene rings is 1. The summed E-state index contributed by atoms with van der Waals surface area (Å²) in [6.07, 6.45) is -4.33. The zero-order chi connectivity index (χ0) is 11.1. The van der Waals surface area contributed by atoms with Gasteiger partial charge in [0, 0.05) is 4.70 Å². The average Bonchev–Trinajstić information content (AvgIpc) is 2.57. The molecule has 0 aliphatic carbocycles. The van der Waals surface area contributed by atoms with Gasteiger partial charge in [-0.15, -0.1) is 11.3 Å². The van der Waals surface area contributed by atoms with Crippen LogP contribution < -0.4 is 0 Å². The minimum Gasteiger partial charge on any atom is -0.392 e. The lowest BCUT2D eigenvalue weighted by atomic mass is 10.1. The van der Waals surface area contributed by atoms with E-state index >= 15 is 0 Å². The molecule has 0 fully saturated rings. The summed E-state index contributed by atoms with van der Waals surface area (Å²) in [6.45, 7) is -0.235. The van der Waals surface area contributed by atoms with Crippen molar-refractivity contribution in [2.24, 2.45) is 0 Å². The zero-order valence-corrected chi connectivity index (χ0v) is 8.32. The van der Waals surface area contributed by atoms with Gasteiger partial charge in [0.25, 0.3) is 0 Å². The molecule has 2 rings (SSSR count). The highest BCUT2D eigenvalue weighted by Crippen LogP contribution is 2.34. The maximum Gasteiger partial charge on any atom is 0.416 e. The number of hydrogen-bond acceptors (Lipinski definition) is 2. The Morgan fingerprint density at radius 2 is 2.00 bits per heavy atom. The predicted molar refractivity (Wildman–Crippen MR) is 52.7 cm³/mol. The molecule has 0 aliphatic rings. The summed E-state index contributed by atoms with van der Waals surface area (Å²) in [5.41, 5.74) is -0.135. The van der Waals surface area contributed by atoms with Crippen molar-refractivity contribution >= 4 is 21.4 Å². The normalized spacial score (nSPS) is 12.3. The molecule has 5 heteroatoms. The van der Waals surface area contributed by atoms with Crippen LogP contribution in [0.4, 0.5) is 13.2 Å². The number of benzene rings is 1. The maximum atomic E-state index is 12.4. The molecule has 0 unspecified atom stereocenters. The third-order valence-electron chi connectivity index (χ3n) is 2.15. The van der Waals surface area contributed by atoms with Crippen LogP contribution in [0.3, 0.4) is 0 Å². The van der Waals surface area contributed by atoms with Crippen molar-refractivity contribution in [3.8, 4) is 0 Å². The highest BCUT2D eigenvalue weighted by atomic mass is 32.1. The maximum absolute atomic E-state index is 12.4. The molecule has 0 radical (unpaired) electrons. The van der Waals surface area contributed by atoms with E-state index in [9.17, 15) is 13.2 Å². The van der Waals surface area contributed by atoms with Gasteiger partial charge in [0.2, 0.25) is 0 Å². The number of halogens is 3. The molecule has 1 heterocycles. The Balaban J connectivity index is 2.63. The van der Waals surface area contributed by atoms with E-state index in [1.807, 2.05) is 0 Å². The number of rotatable bonds is 1. The molecule has 0 aliphatic heterocycles. The highest BCUT2D eigenvalue weighted by Gasteiger charge is 2.30. The molecule has 0 bridgehead atoms. The third-order valence-corrected chi connectivity index (χ3v) is 3.16. The van der Waals surface area contributed by atoms with Gasteiger partial charge in [0.05, 0.1) is 12.2 Å². The minimum atomic E-state index is -4.33. The first-order valence-corrected chi connectivity index (χ1v) is 5.08. The third kappa shape index (κ3) is 1.85. The van der Waals surface area contributed by atoms with E-state index in [0.717, 1.165) is 16.8 Å². The van der Waals surface area contributed by atoms with Crippen LogP contribution in [0.15, 0.2) is 23.6 Å². The Kier molecular flexibility index (Phi) is 2.44. The fourth-order valence-electron chi connectivity index (χ4n) is 1.38. The van der Waals surface area contributed by atoms with Gasteiger partial charge in [-0.1, -0.05) is 0 Å². The molecule has 0 saturated carbocycles. The molecule has 1 N–H and O–H groups in total. The molecule has 0 atom stereocenters. The molecule has 0 spiro atoms. The summed E-state index contributed by atoms with van der Waals surface area (Å²) in [7, 11) is 0. The first-order valence-electron chi connectivity index (χ1n) is 4.20. The Hall–Kier alpha value is -1.07. The van der Waals surface area contributed by atoms with Crippen molar-refractivity contribution in [3.05, 3.63) is 34.7 Å². The molecular weight excluding hydrogens is 225 g/mol. The number of alkyl halides is 3. The largest absolute Gasteiger partial charge is 0.416 e. The minimum absolute atomic E-state index is 0.235. The van der Waals surface area contributed by atoms with E-state index in [-0.39, 0.29) is 6.61 Å². The van der Waals surface area contributed by atoms with Crippen LogP contribution >= 0.6 is 11.3 Å². The number of aliphatic hydroxyl groups is 1. The molecule has 80 valence electrons. The molecule has 1 aromatic heterocycles. The number of aliphatic hydroxyl groups excluding tert-OH is 1. The van der Waals surface area contributed by atoms with Gasteiger partial charge in [-0.05, 0) is 34.5 Å². The van der Waals surface area contributed by atoms with Crippen LogP contribution in [0.1, 0.15) is 11.1 Å². The summed E-state index contributed by atoms with van der Waals surface area (Å²) >= 11 is 1.33. The van der Waals surface area contributed by atoms with E-state index in [1.165, 1.54) is 17.4 Å². The van der Waals surface area contributed by atoms with E-state index in [2.05, 4.69) is 0 Å². The van der Waals surface area contributed by atoms with Crippen LogP contribution in [0.2, 0.25) is 0 Å². The van der Waals surface area contributed by atoms with Crippen molar-refractivity contribution in [2.45, 2.75) is 12.8 Å². The number of fused-ring (bicyclic) bond motifs is 1. The molecule has 1 nitrogen and oxygen atoms in total. The van der Waals surface area contributed by atoms with E-state index in [4.69, 9.17) is 5.11 Å². The fourth-order valence-corrected chi connectivity index (χ4v) is 2.31. The van der Waals surface area contributed by atoms with Crippen LogP contribution in [-0.2, 0) is 12.8 Å².